The Morgan fingerprint density at radius 3 is 1.57 bits per heavy atom. The van der Waals surface area contributed by atoms with Crippen molar-refractivity contribution in [3.8, 4) is 0 Å². The third-order valence-corrected chi connectivity index (χ3v) is 1.29. The molecule has 0 radical (unpaired) electrons. The molecule has 14 heavy (non-hydrogen) atoms. The molecule has 0 spiro atoms. The average Bonchev–Trinajstić information content (AvgIpc) is 1.77. The predicted octanol–water partition coefficient (Wildman–Crippen LogP) is 3.44. The van der Waals surface area contributed by atoms with E-state index in [0.29, 0.717) is 4.47 Å². The highest BCUT2D eigenvalue weighted by Gasteiger charge is 1.95. The van der Waals surface area contributed by atoms with E-state index < -0.39 is 19.9 Å². The van der Waals surface area contributed by atoms with Crippen molar-refractivity contribution in [3.63, 3.8) is 0 Å². The summed E-state index contributed by atoms with van der Waals surface area (Å²) < 4.78 is 43.1. The van der Waals surface area contributed by atoms with Gasteiger partial charge in [-0.3, -0.25) is 0 Å². The lowest BCUT2D eigenvalue weighted by molar-refractivity contribution is 0.582. The van der Waals surface area contributed by atoms with Crippen LogP contribution in [0.2, 0.25) is 0 Å². The second-order valence-electron chi connectivity index (χ2n) is 1.97. The van der Waals surface area contributed by atoms with Crippen LogP contribution < -0.4 is 0 Å². The Hall–Kier alpha value is 0.0900. The molecule has 0 amide bonds. The molecule has 2 nitrogen and oxygen atoms in total. The molecule has 8 heteroatoms. The van der Waals surface area contributed by atoms with Gasteiger partial charge in [-0.15, -0.1) is 0 Å². The fourth-order valence-corrected chi connectivity index (χ4v) is 0.958. The average molecular weight is 328 g/mol. The first-order valence-corrected chi connectivity index (χ1v) is 6.87. The summed E-state index contributed by atoms with van der Waals surface area (Å²) in [5, 5.41) is 0. The third kappa shape index (κ3) is 10.2. The fraction of sp³-hybridized carbons (Fsp3) is 0. The Morgan fingerprint density at radius 1 is 1.07 bits per heavy atom. The van der Waals surface area contributed by atoms with Crippen LogP contribution in [0.5, 0.6) is 0 Å². The third-order valence-electron chi connectivity index (χ3n) is 0.827. The summed E-state index contributed by atoms with van der Waals surface area (Å²) >= 11 is 2.93. The monoisotopic (exact) mass is 326 g/mol. The first-order valence-electron chi connectivity index (χ1n) is 2.94. The second kappa shape index (κ2) is 5.85. The normalized spacial score (nSPS) is 10.4. The lowest BCUT2D eigenvalue weighted by atomic mass is 10.3. The number of hydrogen-bond acceptors (Lipinski definition) is 2. The van der Waals surface area contributed by atoms with Gasteiger partial charge in [0.05, 0.1) is 0 Å². The van der Waals surface area contributed by atoms with Gasteiger partial charge >= 0.3 is 8.26 Å². The molecule has 0 aliphatic carbocycles. The summed E-state index contributed by atoms with van der Waals surface area (Å²) in [6.07, 6.45) is 0. The van der Waals surface area contributed by atoms with Crippen LogP contribution in [0.25, 0.3) is 0 Å². The Bertz CT molecular complexity index is 352. The summed E-state index contributed by atoms with van der Waals surface area (Å²) in [5.74, 6) is -1.14. The van der Waals surface area contributed by atoms with Gasteiger partial charge in [0.15, 0.2) is 0 Å². The standard InChI is InChI=1S/C6H3BrF2.Cl2O2S/c7-4-1-5(8)3-6(9)2-4;1-5(2,3)4/h1-3H;. The van der Waals surface area contributed by atoms with Crippen molar-refractivity contribution < 1.29 is 17.2 Å². The van der Waals surface area contributed by atoms with Gasteiger partial charge in [-0.25, -0.2) is 8.78 Å². The molecule has 0 aliphatic heterocycles. The van der Waals surface area contributed by atoms with Gasteiger partial charge in [-0.05, 0) is 12.1 Å². The van der Waals surface area contributed by atoms with Crippen molar-refractivity contribution >= 4 is 45.6 Å². The number of halogens is 5. The Balaban J connectivity index is 0.000000292. The van der Waals surface area contributed by atoms with Gasteiger partial charge in [0.1, 0.15) is 11.6 Å². The van der Waals surface area contributed by atoms with Crippen LogP contribution in [-0.2, 0) is 8.26 Å². The van der Waals surface area contributed by atoms with E-state index >= 15 is 0 Å². The molecule has 0 aliphatic rings. The van der Waals surface area contributed by atoms with Gasteiger partial charge in [-0.2, -0.15) is 8.42 Å². The molecular formula is C6H3BrCl2F2O2S. The highest BCUT2D eigenvalue weighted by molar-refractivity contribution is 9.10. The van der Waals surface area contributed by atoms with Crippen LogP contribution >= 0.6 is 37.3 Å². The van der Waals surface area contributed by atoms with Crippen LogP contribution in [-0.4, -0.2) is 8.42 Å². The van der Waals surface area contributed by atoms with E-state index in [1.54, 1.807) is 0 Å². The maximum atomic E-state index is 12.2. The number of benzene rings is 1. The molecule has 1 aromatic carbocycles. The van der Waals surface area contributed by atoms with Crippen LogP contribution in [0, 0.1) is 11.6 Å². The van der Waals surface area contributed by atoms with Crippen molar-refractivity contribution in [3.05, 3.63) is 34.3 Å². The first-order chi connectivity index (χ1) is 6.18. The van der Waals surface area contributed by atoms with Gasteiger partial charge < -0.3 is 0 Å². The molecule has 0 fully saturated rings. The van der Waals surface area contributed by atoms with Crippen molar-refractivity contribution in [2.24, 2.45) is 0 Å². The Morgan fingerprint density at radius 2 is 1.36 bits per heavy atom. The molecule has 0 saturated carbocycles. The zero-order chi connectivity index (χ0) is 11.4. The highest BCUT2D eigenvalue weighted by Crippen LogP contribution is 2.12. The number of rotatable bonds is 0. The van der Waals surface area contributed by atoms with Crippen LogP contribution in [0.4, 0.5) is 8.78 Å². The van der Waals surface area contributed by atoms with Crippen molar-refractivity contribution in [2.75, 3.05) is 0 Å². The van der Waals surface area contributed by atoms with Gasteiger partial charge in [-0.1, -0.05) is 15.9 Å². The van der Waals surface area contributed by atoms with Crippen LogP contribution in [0.15, 0.2) is 22.7 Å². The van der Waals surface area contributed by atoms with E-state index in [0.717, 1.165) is 6.07 Å². The lowest BCUT2D eigenvalue weighted by Gasteiger charge is -1.89. The molecule has 0 aromatic heterocycles. The fourth-order valence-electron chi connectivity index (χ4n) is 0.520. The smallest absolute Gasteiger partial charge is 0.207 e. The van der Waals surface area contributed by atoms with Crippen LogP contribution in [0.1, 0.15) is 0 Å². The van der Waals surface area contributed by atoms with Gasteiger partial charge in [0.25, 0.3) is 0 Å². The summed E-state index contributed by atoms with van der Waals surface area (Å²) in [6, 6.07) is 3.22. The molecule has 0 unspecified atom stereocenters. The molecule has 1 rings (SSSR count). The quantitative estimate of drug-likeness (QED) is 0.684. The van der Waals surface area contributed by atoms with Gasteiger partial charge in [0.2, 0.25) is 0 Å². The lowest BCUT2D eigenvalue weighted by Crippen LogP contribution is -1.77. The minimum atomic E-state index is -3.72. The summed E-state index contributed by atoms with van der Waals surface area (Å²) in [4.78, 5) is 0. The van der Waals surface area contributed by atoms with Gasteiger partial charge in [0, 0.05) is 31.9 Å². The van der Waals surface area contributed by atoms with Crippen molar-refractivity contribution in [1.29, 1.82) is 0 Å². The second-order valence-corrected chi connectivity index (χ2v) is 6.55. The summed E-state index contributed by atoms with van der Waals surface area (Å²) in [5.41, 5.74) is 0. The highest BCUT2D eigenvalue weighted by atomic mass is 79.9. The van der Waals surface area contributed by atoms with E-state index in [1.165, 1.54) is 12.1 Å². The van der Waals surface area contributed by atoms with E-state index in [4.69, 9.17) is 8.42 Å². The molecule has 1 aromatic rings. The van der Waals surface area contributed by atoms with E-state index in [-0.39, 0.29) is 0 Å². The minimum absolute atomic E-state index is 0.417. The van der Waals surface area contributed by atoms with E-state index in [2.05, 4.69) is 37.3 Å². The Kier molecular flexibility index (Phi) is 5.88. The predicted molar refractivity (Wildman–Crippen MR) is 54.7 cm³/mol. The molecule has 80 valence electrons. The van der Waals surface area contributed by atoms with Crippen molar-refractivity contribution in [1.82, 2.24) is 0 Å². The Labute approximate surface area is 96.9 Å². The molecule has 0 heterocycles. The largest absolute Gasteiger partial charge is 0.317 e. The maximum absolute atomic E-state index is 12.2. The SMILES string of the molecule is Fc1cc(F)cc(Br)c1.O=S(=O)(Cl)Cl. The van der Waals surface area contributed by atoms with Crippen LogP contribution in [0.3, 0.4) is 0 Å². The topological polar surface area (TPSA) is 34.1 Å². The van der Waals surface area contributed by atoms with Crippen molar-refractivity contribution in [2.45, 2.75) is 0 Å². The molecule has 0 N–H and O–H groups in total. The number of hydrogen-bond donors (Lipinski definition) is 0. The first kappa shape index (κ1) is 14.1. The molecule has 0 bridgehead atoms. The summed E-state index contributed by atoms with van der Waals surface area (Å²) in [6.45, 7) is 0. The zero-order valence-corrected chi connectivity index (χ0v) is 10.3. The molecular weight excluding hydrogens is 325 g/mol. The minimum Gasteiger partial charge on any atom is -0.207 e. The molecule has 0 atom stereocenters. The molecule has 0 saturated heterocycles. The van der Waals surface area contributed by atoms with E-state index in [1.807, 2.05) is 0 Å². The van der Waals surface area contributed by atoms with E-state index in [9.17, 15) is 8.78 Å². The zero-order valence-electron chi connectivity index (χ0n) is 6.35. The summed E-state index contributed by atoms with van der Waals surface area (Å²) in [7, 11) is 4.81. The maximum Gasteiger partial charge on any atom is 0.317 e.